The minimum absolute atomic E-state index is 0.605. The predicted octanol–water partition coefficient (Wildman–Crippen LogP) is 3.63. The van der Waals surface area contributed by atoms with E-state index in [1.807, 2.05) is 48.5 Å². The maximum atomic E-state index is 6.00. The Hall–Kier alpha value is -2.42. The van der Waals surface area contributed by atoms with Crippen LogP contribution in [0.5, 0.6) is 0 Å². The third-order valence-corrected chi connectivity index (χ3v) is 2.67. The maximum Gasteiger partial charge on any atom is 0.118 e. The summed E-state index contributed by atoms with van der Waals surface area (Å²) < 4.78 is 5.08. The number of methoxy groups -OCH3 is 1. The molecule has 0 saturated carbocycles. The first-order valence-electron chi connectivity index (χ1n) is 5.65. The molecule has 0 aromatic heterocycles. The molecule has 3 nitrogen and oxygen atoms in total. The topological polar surface area (TPSA) is 47.3 Å². The van der Waals surface area contributed by atoms with Crippen LogP contribution < -0.4 is 11.1 Å². The van der Waals surface area contributed by atoms with E-state index in [4.69, 9.17) is 10.5 Å². The fourth-order valence-corrected chi connectivity index (χ4v) is 1.64. The lowest BCUT2D eigenvalue weighted by Gasteiger charge is -2.11. The van der Waals surface area contributed by atoms with Crippen molar-refractivity contribution in [2.45, 2.75) is 0 Å². The molecule has 0 aliphatic heterocycles. The van der Waals surface area contributed by atoms with Crippen LogP contribution in [0.3, 0.4) is 0 Å². The fourth-order valence-electron chi connectivity index (χ4n) is 1.64. The molecule has 0 fully saturated rings. The van der Waals surface area contributed by atoms with Crippen LogP contribution in [0.2, 0.25) is 0 Å². The van der Waals surface area contributed by atoms with Crippen LogP contribution in [0.1, 0.15) is 5.56 Å². The van der Waals surface area contributed by atoms with E-state index in [9.17, 15) is 0 Å². The average molecular weight is 240 g/mol. The van der Waals surface area contributed by atoms with Crippen molar-refractivity contribution in [2.24, 2.45) is 0 Å². The number of para-hydroxylation sites is 1. The predicted molar refractivity (Wildman–Crippen MR) is 76.6 cm³/mol. The second-order valence-electron chi connectivity index (χ2n) is 3.92. The minimum Gasteiger partial charge on any atom is -0.497 e. The molecule has 0 radical (unpaired) electrons. The summed E-state index contributed by atoms with van der Waals surface area (Å²) in [5.74, 6) is 0.605. The molecule has 0 amide bonds. The first kappa shape index (κ1) is 12.0. The number of nitrogens with one attached hydrogen (secondary N) is 1. The maximum absolute atomic E-state index is 6.00. The third-order valence-electron chi connectivity index (χ3n) is 2.67. The van der Waals surface area contributed by atoms with Gasteiger partial charge >= 0.3 is 0 Å². The van der Waals surface area contributed by atoms with Crippen LogP contribution >= 0.6 is 0 Å². The molecular formula is C15H16N2O. The normalized spacial score (nSPS) is 9.83. The molecule has 0 spiro atoms. The lowest BCUT2D eigenvalue weighted by atomic mass is 10.1. The van der Waals surface area contributed by atoms with Gasteiger partial charge < -0.3 is 15.8 Å². The molecule has 2 aromatic carbocycles. The largest absolute Gasteiger partial charge is 0.497 e. The first-order chi connectivity index (χ1) is 8.70. The Kier molecular flexibility index (Phi) is 3.53. The zero-order valence-electron chi connectivity index (χ0n) is 10.3. The smallest absolute Gasteiger partial charge is 0.118 e. The monoisotopic (exact) mass is 240 g/mol. The molecule has 18 heavy (non-hydrogen) atoms. The number of anilines is 3. The van der Waals surface area contributed by atoms with Gasteiger partial charge in [-0.25, -0.2) is 0 Å². The Morgan fingerprint density at radius 3 is 2.50 bits per heavy atom. The molecule has 0 atom stereocenters. The summed E-state index contributed by atoms with van der Waals surface area (Å²) in [5, 5.41) is 3.26. The molecule has 2 aromatic rings. The SMILES string of the molecule is C=C(OC)c1ccc(Nc2ccccc2)c(N)c1. The Labute approximate surface area is 107 Å². The van der Waals surface area contributed by atoms with Crippen molar-refractivity contribution in [3.05, 3.63) is 60.7 Å². The molecule has 0 saturated heterocycles. The van der Waals surface area contributed by atoms with Gasteiger partial charge in [-0.2, -0.15) is 0 Å². The van der Waals surface area contributed by atoms with Gasteiger partial charge in [-0.1, -0.05) is 24.8 Å². The second kappa shape index (κ2) is 5.27. The highest BCUT2D eigenvalue weighted by Gasteiger charge is 2.03. The van der Waals surface area contributed by atoms with Gasteiger partial charge in [0.2, 0.25) is 0 Å². The summed E-state index contributed by atoms with van der Waals surface area (Å²) in [7, 11) is 1.59. The lowest BCUT2D eigenvalue weighted by Crippen LogP contribution is -1.97. The summed E-state index contributed by atoms with van der Waals surface area (Å²) in [4.78, 5) is 0. The minimum atomic E-state index is 0.605. The van der Waals surface area contributed by atoms with Crippen molar-refractivity contribution in [2.75, 3.05) is 18.2 Å². The molecule has 2 rings (SSSR count). The summed E-state index contributed by atoms with van der Waals surface area (Å²) >= 11 is 0. The molecule has 0 heterocycles. The highest BCUT2D eigenvalue weighted by molar-refractivity contribution is 5.76. The quantitative estimate of drug-likeness (QED) is 0.633. The van der Waals surface area contributed by atoms with Crippen molar-refractivity contribution < 1.29 is 4.74 Å². The number of nitrogens with two attached hydrogens (primary N) is 1. The first-order valence-corrected chi connectivity index (χ1v) is 5.65. The van der Waals surface area contributed by atoms with Gasteiger partial charge in [-0.05, 0) is 30.3 Å². The molecule has 0 bridgehead atoms. The van der Waals surface area contributed by atoms with E-state index >= 15 is 0 Å². The van der Waals surface area contributed by atoms with E-state index in [2.05, 4.69) is 11.9 Å². The van der Waals surface area contributed by atoms with E-state index in [0.29, 0.717) is 11.4 Å². The number of benzene rings is 2. The zero-order valence-corrected chi connectivity index (χ0v) is 10.3. The third kappa shape index (κ3) is 2.63. The van der Waals surface area contributed by atoms with E-state index in [-0.39, 0.29) is 0 Å². The van der Waals surface area contributed by atoms with Gasteiger partial charge in [0.05, 0.1) is 18.5 Å². The number of nitrogen functional groups attached to an aromatic ring is 1. The van der Waals surface area contributed by atoms with Crippen LogP contribution in [-0.2, 0) is 4.74 Å². The molecule has 3 N–H and O–H groups in total. The number of rotatable bonds is 4. The van der Waals surface area contributed by atoms with Crippen molar-refractivity contribution in [3.63, 3.8) is 0 Å². The highest BCUT2D eigenvalue weighted by atomic mass is 16.5. The van der Waals surface area contributed by atoms with Crippen LogP contribution in [0.25, 0.3) is 5.76 Å². The Morgan fingerprint density at radius 1 is 1.17 bits per heavy atom. The van der Waals surface area contributed by atoms with Gasteiger partial charge in [-0.3, -0.25) is 0 Å². The van der Waals surface area contributed by atoms with Gasteiger partial charge in [-0.15, -0.1) is 0 Å². The number of ether oxygens (including phenoxy) is 1. The van der Waals surface area contributed by atoms with Crippen molar-refractivity contribution in [1.29, 1.82) is 0 Å². The van der Waals surface area contributed by atoms with Crippen LogP contribution in [-0.4, -0.2) is 7.11 Å². The molecule has 0 aliphatic carbocycles. The fraction of sp³-hybridized carbons (Fsp3) is 0.0667. The molecule has 0 aliphatic rings. The Morgan fingerprint density at radius 2 is 1.89 bits per heavy atom. The molecule has 0 unspecified atom stereocenters. The van der Waals surface area contributed by atoms with Crippen LogP contribution in [0, 0.1) is 0 Å². The Balaban J connectivity index is 2.23. The number of hydrogen-bond donors (Lipinski definition) is 2. The summed E-state index contributed by atoms with van der Waals surface area (Å²) in [5.41, 5.74) is 9.42. The average Bonchev–Trinajstić information content (AvgIpc) is 2.41. The molecule has 92 valence electrons. The van der Waals surface area contributed by atoms with Crippen molar-refractivity contribution in [3.8, 4) is 0 Å². The molecular weight excluding hydrogens is 224 g/mol. The highest BCUT2D eigenvalue weighted by Crippen LogP contribution is 2.26. The van der Waals surface area contributed by atoms with Gasteiger partial charge in [0, 0.05) is 11.3 Å². The van der Waals surface area contributed by atoms with Gasteiger partial charge in [0.25, 0.3) is 0 Å². The van der Waals surface area contributed by atoms with E-state index < -0.39 is 0 Å². The summed E-state index contributed by atoms with van der Waals surface area (Å²) in [6.07, 6.45) is 0. The Bertz CT molecular complexity index is 550. The van der Waals surface area contributed by atoms with Crippen molar-refractivity contribution >= 4 is 22.8 Å². The van der Waals surface area contributed by atoms with Crippen LogP contribution in [0.4, 0.5) is 17.1 Å². The van der Waals surface area contributed by atoms with Crippen LogP contribution in [0.15, 0.2) is 55.1 Å². The van der Waals surface area contributed by atoms with E-state index in [1.54, 1.807) is 7.11 Å². The lowest BCUT2D eigenvalue weighted by molar-refractivity contribution is 0.371. The van der Waals surface area contributed by atoms with Gasteiger partial charge in [0.15, 0.2) is 0 Å². The van der Waals surface area contributed by atoms with Gasteiger partial charge in [0.1, 0.15) is 5.76 Å². The molecule has 3 heteroatoms. The van der Waals surface area contributed by atoms with Crippen molar-refractivity contribution in [1.82, 2.24) is 0 Å². The number of hydrogen-bond acceptors (Lipinski definition) is 3. The standard InChI is InChI=1S/C15H16N2O/c1-11(18-2)12-8-9-15(14(16)10-12)17-13-6-4-3-5-7-13/h3-10,17H,1,16H2,2H3. The zero-order chi connectivity index (χ0) is 13.0. The summed E-state index contributed by atoms with van der Waals surface area (Å²) in [6.45, 7) is 3.80. The van der Waals surface area contributed by atoms with E-state index in [1.165, 1.54) is 0 Å². The summed E-state index contributed by atoms with van der Waals surface area (Å²) in [6, 6.07) is 15.6. The second-order valence-corrected chi connectivity index (χ2v) is 3.92. The van der Waals surface area contributed by atoms with E-state index in [0.717, 1.165) is 16.9 Å².